The molecule has 0 aliphatic carbocycles. The van der Waals surface area contributed by atoms with Crippen molar-refractivity contribution < 1.29 is 0 Å². The number of nitrogens with zero attached hydrogens (tertiary/aromatic N) is 5. The van der Waals surface area contributed by atoms with Gasteiger partial charge in [0.1, 0.15) is 5.82 Å². The van der Waals surface area contributed by atoms with E-state index in [0.717, 1.165) is 5.82 Å². The average Bonchev–Trinajstić information content (AvgIpc) is 2.03. The summed E-state index contributed by atoms with van der Waals surface area (Å²) in [6, 6.07) is 0. The molecule has 0 unspecified atom stereocenters. The number of rotatable bonds is 2. The molecule has 0 aliphatic heterocycles. The molecule has 1 heterocycles. The topological polar surface area (TPSA) is 45.2 Å². The van der Waals surface area contributed by atoms with Crippen LogP contribution < -0.4 is 9.80 Å². The SMILES string of the molecule is Cc1nc(N(C)C)nc(N(C)C)n1. The van der Waals surface area contributed by atoms with Crippen LogP contribution in [-0.4, -0.2) is 43.1 Å². The van der Waals surface area contributed by atoms with Crippen LogP contribution in [0.25, 0.3) is 0 Å². The molecule has 5 heteroatoms. The highest BCUT2D eigenvalue weighted by molar-refractivity contribution is 5.36. The molecule has 72 valence electrons. The van der Waals surface area contributed by atoms with E-state index < -0.39 is 0 Å². The van der Waals surface area contributed by atoms with Crippen molar-refractivity contribution in [3.05, 3.63) is 5.82 Å². The van der Waals surface area contributed by atoms with Gasteiger partial charge >= 0.3 is 0 Å². The van der Waals surface area contributed by atoms with Crippen LogP contribution in [0.2, 0.25) is 0 Å². The van der Waals surface area contributed by atoms with E-state index in [1.54, 1.807) is 0 Å². The van der Waals surface area contributed by atoms with E-state index in [-0.39, 0.29) is 0 Å². The number of aromatic nitrogens is 3. The number of hydrogen-bond acceptors (Lipinski definition) is 5. The van der Waals surface area contributed by atoms with Crippen LogP contribution in [-0.2, 0) is 0 Å². The molecule has 5 nitrogen and oxygen atoms in total. The molecule has 0 saturated heterocycles. The highest BCUT2D eigenvalue weighted by atomic mass is 15.3. The first-order chi connectivity index (χ1) is 6.00. The van der Waals surface area contributed by atoms with Crippen LogP contribution in [0.4, 0.5) is 11.9 Å². The van der Waals surface area contributed by atoms with Crippen molar-refractivity contribution in [2.24, 2.45) is 0 Å². The van der Waals surface area contributed by atoms with Crippen LogP contribution >= 0.6 is 0 Å². The summed E-state index contributed by atoms with van der Waals surface area (Å²) >= 11 is 0. The van der Waals surface area contributed by atoms with Crippen LogP contribution in [0.1, 0.15) is 5.82 Å². The molecular formula is C8H15N5. The van der Waals surface area contributed by atoms with Gasteiger partial charge in [0.25, 0.3) is 0 Å². The van der Waals surface area contributed by atoms with Crippen molar-refractivity contribution >= 4 is 11.9 Å². The number of hydrogen-bond donors (Lipinski definition) is 0. The smallest absolute Gasteiger partial charge is 0.229 e. The van der Waals surface area contributed by atoms with Crippen molar-refractivity contribution in [3.63, 3.8) is 0 Å². The largest absolute Gasteiger partial charge is 0.347 e. The van der Waals surface area contributed by atoms with Gasteiger partial charge in [-0.05, 0) is 6.92 Å². The van der Waals surface area contributed by atoms with Gasteiger partial charge in [0.2, 0.25) is 11.9 Å². The number of anilines is 2. The Morgan fingerprint density at radius 2 is 1.15 bits per heavy atom. The molecule has 0 atom stereocenters. The molecule has 1 aromatic rings. The molecular weight excluding hydrogens is 166 g/mol. The number of aryl methyl sites for hydroxylation is 1. The van der Waals surface area contributed by atoms with E-state index in [4.69, 9.17) is 0 Å². The Labute approximate surface area is 78.4 Å². The minimum Gasteiger partial charge on any atom is -0.347 e. The van der Waals surface area contributed by atoms with Gasteiger partial charge in [0.15, 0.2) is 0 Å². The summed E-state index contributed by atoms with van der Waals surface area (Å²) in [6.45, 7) is 1.86. The Morgan fingerprint density at radius 1 is 0.769 bits per heavy atom. The molecule has 0 spiro atoms. The first-order valence-corrected chi connectivity index (χ1v) is 4.08. The summed E-state index contributed by atoms with van der Waals surface area (Å²) in [5.41, 5.74) is 0. The lowest BCUT2D eigenvalue weighted by Gasteiger charge is -2.14. The lowest BCUT2D eigenvalue weighted by molar-refractivity contribution is 0.883. The van der Waals surface area contributed by atoms with E-state index in [0.29, 0.717) is 11.9 Å². The van der Waals surface area contributed by atoms with E-state index >= 15 is 0 Å². The van der Waals surface area contributed by atoms with Crippen LogP contribution in [0, 0.1) is 6.92 Å². The third kappa shape index (κ3) is 2.27. The molecule has 0 aliphatic rings. The third-order valence-corrected chi connectivity index (χ3v) is 1.52. The van der Waals surface area contributed by atoms with E-state index in [9.17, 15) is 0 Å². The maximum absolute atomic E-state index is 4.26. The zero-order chi connectivity index (χ0) is 10.0. The maximum Gasteiger partial charge on any atom is 0.229 e. The third-order valence-electron chi connectivity index (χ3n) is 1.52. The Balaban J connectivity index is 3.11. The Kier molecular flexibility index (Phi) is 2.65. The van der Waals surface area contributed by atoms with Crippen LogP contribution in [0.5, 0.6) is 0 Å². The predicted molar refractivity (Wildman–Crippen MR) is 53.2 cm³/mol. The molecule has 0 aromatic carbocycles. The van der Waals surface area contributed by atoms with Gasteiger partial charge in [-0.3, -0.25) is 0 Å². The molecule has 13 heavy (non-hydrogen) atoms. The second-order valence-electron chi connectivity index (χ2n) is 3.27. The summed E-state index contributed by atoms with van der Waals surface area (Å²) in [5, 5.41) is 0. The van der Waals surface area contributed by atoms with Gasteiger partial charge in [0.05, 0.1) is 0 Å². The lowest BCUT2D eigenvalue weighted by Crippen LogP contribution is -2.19. The standard InChI is InChI=1S/C8H15N5/c1-6-9-7(12(2)3)11-8(10-6)13(4)5/h1-5H3. The zero-order valence-corrected chi connectivity index (χ0v) is 8.74. The molecule has 1 rings (SSSR count). The van der Waals surface area contributed by atoms with Gasteiger partial charge < -0.3 is 9.80 Å². The van der Waals surface area contributed by atoms with E-state index in [1.165, 1.54) is 0 Å². The minimum atomic E-state index is 0.691. The second-order valence-corrected chi connectivity index (χ2v) is 3.27. The lowest BCUT2D eigenvalue weighted by atomic mass is 10.6. The van der Waals surface area contributed by atoms with Crippen LogP contribution in [0.3, 0.4) is 0 Å². The Bertz CT molecular complexity index is 268. The van der Waals surface area contributed by atoms with Gasteiger partial charge in [0, 0.05) is 28.2 Å². The summed E-state index contributed by atoms with van der Waals surface area (Å²) in [4.78, 5) is 16.4. The van der Waals surface area contributed by atoms with Gasteiger partial charge in [-0.15, -0.1) is 0 Å². The molecule has 1 aromatic heterocycles. The van der Waals surface area contributed by atoms with Crippen molar-refractivity contribution in [1.82, 2.24) is 15.0 Å². The molecule has 0 bridgehead atoms. The second kappa shape index (κ2) is 3.55. The first kappa shape index (κ1) is 9.70. The summed E-state index contributed by atoms with van der Waals surface area (Å²) in [5.74, 6) is 2.12. The molecule has 0 N–H and O–H groups in total. The maximum atomic E-state index is 4.26. The van der Waals surface area contributed by atoms with E-state index in [2.05, 4.69) is 15.0 Å². The van der Waals surface area contributed by atoms with Gasteiger partial charge in [-0.25, -0.2) is 0 Å². The molecule has 0 amide bonds. The van der Waals surface area contributed by atoms with Crippen molar-refractivity contribution in [2.75, 3.05) is 38.0 Å². The zero-order valence-electron chi connectivity index (χ0n) is 8.74. The summed E-state index contributed by atoms with van der Waals surface area (Å²) < 4.78 is 0. The highest BCUT2D eigenvalue weighted by Crippen LogP contribution is 2.08. The minimum absolute atomic E-state index is 0.691. The predicted octanol–water partition coefficient (Wildman–Crippen LogP) is 0.312. The molecule has 0 fully saturated rings. The van der Waals surface area contributed by atoms with Crippen molar-refractivity contribution in [3.8, 4) is 0 Å². The summed E-state index contributed by atoms with van der Waals surface area (Å²) in [6.07, 6.45) is 0. The van der Waals surface area contributed by atoms with Crippen LogP contribution in [0.15, 0.2) is 0 Å². The fourth-order valence-electron chi connectivity index (χ4n) is 0.854. The van der Waals surface area contributed by atoms with E-state index in [1.807, 2.05) is 44.9 Å². The van der Waals surface area contributed by atoms with Crippen molar-refractivity contribution in [1.29, 1.82) is 0 Å². The van der Waals surface area contributed by atoms with Gasteiger partial charge in [-0.1, -0.05) is 0 Å². The first-order valence-electron chi connectivity index (χ1n) is 4.08. The molecule has 0 saturated carbocycles. The van der Waals surface area contributed by atoms with Crippen molar-refractivity contribution in [2.45, 2.75) is 6.92 Å². The molecule has 0 radical (unpaired) electrons. The normalized spacial score (nSPS) is 9.92. The average molecular weight is 181 g/mol. The fourth-order valence-corrected chi connectivity index (χ4v) is 0.854. The Morgan fingerprint density at radius 3 is 1.46 bits per heavy atom. The van der Waals surface area contributed by atoms with Gasteiger partial charge in [-0.2, -0.15) is 15.0 Å². The fraction of sp³-hybridized carbons (Fsp3) is 0.625. The Hall–Kier alpha value is -1.39. The quantitative estimate of drug-likeness (QED) is 0.657. The highest BCUT2D eigenvalue weighted by Gasteiger charge is 2.05. The summed E-state index contributed by atoms with van der Waals surface area (Å²) in [7, 11) is 7.64. The monoisotopic (exact) mass is 181 g/mol.